The van der Waals surface area contributed by atoms with Gasteiger partial charge in [0.15, 0.2) is 0 Å². The highest BCUT2D eigenvalue weighted by Gasteiger charge is 2.45. The molecule has 1 aromatic heterocycles. The average Bonchev–Trinajstić information content (AvgIpc) is 2.84. The molecule has 0 aromatic carbocycles. The molecule has 92 valence electrons. The van der Waals surface area contributed by atoms with Crippen molar-refractivity contribution in [2.45, 2.75) is 20.3 Å². The van der Waals surface area contributed by atoms with Crippen molar-refractivity contribution in [2.24, 2.45) is 11.3 Å². The third kappa shape index (κ3) is 2.57. The van der Waals surface area contributed by atoms with Crippen molar-refractivity contribution >= 4 is 27.3 Å². The first-order valence-corrected chi connectivity index (χ1v) is 6.23. The summed E-state index contributed by atoms with van der Waals surface area (Å²) in [4.78, 5) is 14.3. The van der Waals surface area contributed by atoms with E-state index in [1.165, 1.54) is 6.20 Å². The molecule has 0 aliphatic heterocycles. The van der Waals surface area contributed by atoms with Crippen LogP contribution in [0.5, 0.6) is 0 Å². The molecular formula is C11H14BrN3O2. The van der Waals surface area contributed by atoms with Crippen LogP contribution in [-0.4, -0.2) is 16.5 Å². The summed E-state index contributed by atoms with van der Waals surface area (Å²) in [7, 11) is 0. The van der Waals surface area contributed by atoms with E-state index in [0.717, 1.165) is 13.0 Å². The lowest BCUT2D eigenvalue weighted by atomic mass is 10.1. The van der Waals surface area contributed by atoms with E-state index in [1.807, 2.05) is 0 Å². The number of hydrogen-bond acceptors (Lipinski definition) is 4. The SMILES string of the molecule is CC1(C)CC1CNc1c(Br)cncc1[N+](=O)[O-]. The first-order chi connectivity index (χ1) is 7.92. The Morgan fingerprint density at radius 3 is 2.82 bits per heavy atom. The summed E-state index contributed by atoms with van der Waals surface area (Å²) >= 11 is 3.29. The lowest BCUT2D eigenvalue weighted by Crippen LogP contribution is -2.09. The number of rotatable bonds is 4. The van der Waals surface area contributed by atoms with Gasteiger partial charge < -0.3 is 5.32 Å². The van der Waals surface area contributed by atoms with E-state index < -0.39 is 4.92 Å². The van der Waals surface area contributed by atoms with E-state index in [9.17, 15) is 10.1 Å². The van der Waals surface area contributed by atoms with Crippen LogP contribution in [0.3, 0.4) is 0 Å². The van der Waals surface area contributed by atoms with Crippen molar-refractivity contribution in [2.75, 3.05) is 11.9 Å². The minimum absolute atomic E-state index is 0.0119. The van der Waals surface area contributed by atoms with E-state index in [2.05, 4.69) is 40.1 Å². The van der Waals surface area contributed by atoms with E-state index in [1.54, 1.807) is 6.20 Å². The number of nitro groups is 1. The molecule has 1 fully saturated rings. The Hall–Kier alpha value is -1.17. The summed E-state index contributed by atoms with van der Waals surface area (Å²) in [6, 6.07) is 0. The predicted molar refractivity (Wildman–Crippen MR) is 69.0 cm³/mol. The summed E-state index contributed by atoms with van der Waals surface area (Å²) in [5.74, 6) is 0.585. The van der Waals surface area contributed by atoms with Crippen LogP contribution in [0.1, 0.15) is 20.3 Å². The summed E-state index contributed by atoms with van der Waals surface area (Å²) in [5, 5.41) is 14.0. The fourth-order valence-corrected chi connectivity index (χ4v) is 2.35. The zero-order valence-electron chi connectivity index (χ0n) is 9.74. The molecule has 0 amide bonds. The number of aromatic nitrogens is 1. The van der Waals surface area contributed by atoms with Gasteiger partial charge in [-0.25, -0.2) is 0 Å². The van der Waals surface area contributed by atoms with Gasteiger partial charge in [-0.15, -0.1) is 0 Å². The molecule has 1 N–H and O–H groups in total. The van der Waals surface area contributed by atoms with Gasteiger partial charge in [0.1, 0.15) is 11.9 Å². The number of nitrogens with zero attached hydrogens (tertiary/aromatic N) is 2. The Morgan fingerprint density at radius 1 is 1.65 bits per heavy atom. The quantitative estimate of drug-likeness (QED) is 0.685. The highest BCUT2D eigenvalue weighted by atomic mass is 79.9. The molecular weight excluding hydrogens is 286 g/mol. The molecule has 0 radical (unpaired) electrons. The monoisotopic (exact) mass is 299 g/mol. The van der Waals surface area contributed by atoms with Crippen LogP contribution >= 0.6 is 15.9 Å². The van der Waals surface area contributed by atoms with Gasteiger partial charge in [-0.1, -0.05) is 13.8 Å². The fraction of sp³-hybridized carbons (Fsp3) is 0.545. The van der Waals surface area contributed by atoms with Crippen molar-refractivity contribution in [3.8, 4) is 0 Å². The minimum atomic E-state index is -0.419. The second-order valence-electron chi connectivity index (χ2n) is 5.04. The van der Waals surface area contributed by atoms with Crippen molar-refractivity contribution in [3.05, 3.63) is 27.0 Å². The largest absolute Gasteiger partial charge is 0.378 e. The van der Waals surface area contributed by atoms with Crippen molar-refractivity contribution in [1.29, 1.82) is 0 Å². The second-order valence-corrected chi connectivity index (χ2v) is 5.90. The maximum Gasteiger partial charge on any atom is 0.311 e. The second kappa shape index (κ2) is 4.25. The van der Waals surface area contributed by atoms with Crippen LogP contribution in [0.15, 0.2) is 16.9 Å². The van der Waals surface area contributed by atoms with Crippen LogP contribution < -0.4 is 5.32 Å². The summed E-state index contributed by atoms with van der Waals surface area (Å²) < 4.78 is 0.630. The van der Waals surface area contributed by atoms with Gasteiger partial charge in [0, 0.05) is 12.7 Å². The third-order valence-electron chi connectivity index (χ3n) is 3.32. The van der Waals surface area contributed by atoms with E-state index in [-0.39, 0.29) is 5.69 Å². The van der Waals surface area contributed by atoms with E-state index in [4.69, 9.17) is 0 Å². The third-order valence-corrected chi connectivity index (χ3v) is 3.92. The number of halogens is 1. The zero-order chi connectivity index (χ0) is 12.6. The number of hydrogen-bond donors (Lipinski definition) is 1. The van der Waals surface area contributed by atoms with Gasteiger partial charge in [-0.05, 0) is 33.7 Å². The van der Waals surface area contributed by atoms with Gasteiger partial charge >= 0.3 is 5.69 Å². The fourth-order valence-electron chi connectivity index (χ4n) is 1.89. The standard InChI is InChI=1S/C11H14BrN3O2/c1-11(2)3-7(11)4-14-10-8(12)5-13-6-9(10)15(16)17/h5-7H,3-4H2,1-2H3,(H,13,14). The summed E-state index contributed by atoms with van der Waals surface area (Å²) in [5.41, 5.74) is 0.895. The Morgan fingerprint density at radius 2 is 2.29 bits per heavy atom. The molecule has 6 heteroatoms. The molecule has 17 heavy (non-hydrogen) atoms. The van der Waals surface area contributed by atoms with Gasteiger partial charge in [0.05, 0.1) is 9.40 Å². The van der Waals surface area contributed by atoms with Gasteiger partial charge in [0.2, 0.25) is 0 Å². The first kappa shape index (κ1) is 12.3. The number of anilines is 1. The van der Waals surface area contributed by atoms with E-state index >= 15 is 0 Å². The van der Waals surface area contributed by atoms with Gasteiger partial charge in [-0.3, -0.25) is 15.1 Å². The molecule has 1 aromatic rings. The lowest BCUT2D eigenvalue weighted by Gasteiger charge is -2.09. The van der Waals surface area contributed by atoms with Crippen LogP contribution in [0.4, 0.5) is 11.4 Å². The molecule has 2 rings (SSSR count). The smallest absolute Gasteiger partial charge is 0.311 e. The van der Waals surface area contributed by atoms with Gasteiger partial charge in [0.25, 0.3) is 0 Å². The summed E-state index contributed by atoms with van der Waals surface area (Å²) in [6.45, 7) is 5.17. The molecule has 0 spiro atoms. The summed E-state index contributed by atoms with van der Waals surface area (Å²) in [6.07, 6.45) is 4.00. The molecule has 1 unspecified atom stereocenters. The number of nitrogens with one attached hydrogen (secondary N) is 1. The number of pyridine rings is 1. The Balaban J connectivity index is 2.12. The molecule has 1 aliphatic rings. The Bertz CT molecular complexity index is 462. The molecule has 0 bridgehead atoms. The first-order valence-electron chi connectivity index (χ1n) is 5.43. The minimum Gasteiger partial charge on any atom is -0.378 e. The molecule has 1 heterocycles. The average molecular weight is 300 g/mol. The molecule has 1 saturated carbocycles. The van der Waals surface area contributed by atoms with E-state index in [0.29, 0.717) is 21.5 Å². The topological polar surface area (TPSA) is 68.1 Å². The van der Waals surface area contributed by atoms with Crippen molar-refractivity contribution in [1.82, 2.24) is 4.98 Å². The van der Waals surface area contributed by atoms with Crippen LogP contribution in [-0.2, 0) is 0 Å². The highest BCUT2D eigenvalue weighted by molar-refractivity contribution is 9.10. The molecule has 5 nitrogen and oxygen atoms in total. The van der Waals surface area contributed by atoms with Crippen LogP contribution in [0.25, 0.3) is 0 Å². The maximum atomic E-state index is 10.9. The van der Waals surface area contributed by atoms with Crippen molar-refractivity contribution < 1.29 is 4.92 Å². The molecule has 1 aliphatic carbocycles. The van der Waals surface area contributed by atoms with Crippen LogP contribution in [0.2, 0.25) is 0 Å². The Labute approximate surface area is 108 Å². The zero-order valence-corrected chi connectivity index (χ0v) is 11.3. The normalized spacial score (nSPS) is 21.0. The molecule has 1 atom stereocenters. The highest BCUT2D eigenvalue weighted by Crippen LogP contribution is 2.51. The lowest BCUT2D eigenvalue weighted by molar-refractivity contribution is -0.384. The van der Waals surface area contributed by atoms with Crippen molar-refractivity contribution in [3.63, 3.8) is 0 Å². The maximum absolute atomic E-state index is 10.9. The predicted octanol–water partition coefficient (Wildman–Crippen LogP) is 3.21. The Kier molecular flexibility index (Phi) is 3.07. The van der Waals surface area contributed by atoms with Gasteiger partial charge in [-0.2, -0.15) is 0 Å². The van der Waals surface area contributed by atoms with Crippen LogP contribution in [0, 0.1) is 21.4 Å². The molecule has 0 saturated heterocycles.